The highest BCUT2D eigenvalue weighted by atomic mass is 35.5. The molecule has 0 bridgehead atoms. The molecule has 6 fully saturated rings. The number of hydrogen-bond donors (Lipinski definition) is 6. The minimum absolute atomic E-state index is 0. The third kappa shape index (κ3) is 11.1. The van der Waals surface area contributed by atoms with Crippen molar-refractivity contribution in [3.63, 3.8) is 0 Å². The van der Waals surface area contributed by atoms with E-state index in [1.54, 1.807) is 21.9 Å². The second-order valence-electron chi connectivity index (χ2n) is 19.2. The summed E-state index contributed by atoms with van der Waals surface area (Å²) in [5.41, 5.74) is 3.78. The molecule has 2 aliphatic heterocycles. The SMILES string of the molecule is Cl.O=C(Nc1noc2cc(-c3ccc(C(=O)N4CCN(C(=O)C5(O)CC5)CC4)cc3)ccc12)C1CC1.O=C(Nc1noc2cc(-c3ccc(C(=O)N4CCNCC4)cc3)ccc12)C1CC1.O=C(O)C1(O)CC1. The van der Waals surface area contributed by atoms with Gasteiger partial charge in [-0.15, -0.1) is 12.4 Å². The molecule has 19 nitrogen and oxygen atoms in total. The summed E-state index contributed by atoms with van der Waals surface area (Å²) in [6, 6.07) is 26.5. The molecule has 4 saturated carbocycles. The number of fused-ring (bicyclic) bond motifs is 2. The Morgan fingerprint density at radius 3 is 1.31 bits per heavy atom. The summed E-state index contributed by atoms with van der Waals surface area (Å²) in [5, 5.41) is 45.2. The maximum absolute atomic E-state index is 13.0. The van der Waals surface area contributed by atoms with E-state index < -0.39 is 17.2 Å². The van der Waals surface area contributed by atoms with Crippen LogP contribution in [0.5, 0.6) is 0 Å². The molecular weight excluding hydrogens is 948 g/mol. The number of carboxylic acids is 1. The van der Waals surface area contributed by atoms with Gasteiger partial charge in [-0.3, -0.25) is 24.0 Å². The van der Waals surface area contributed by atoms with Gasteiger partial charge in [-0.25, -0.2) is 4.79 Å². The van der Waals surface area contributed by atoms with Crippen molar-refractivity contribution >= 4 is 81.5 Å². The van der Waals surface area contributed by atoms with Crippen LogP contribution in [0.4, 0.5) is 11.6 Å². The highest BCUT2D eigenvalue weighted by Gasteiger charge is 2.50. The van der Waals surface area contributed by atoms with Crippen LogP contribution in [0.15, 0.2) is 94.0 Å². The van der Waals surface area contributed by atoms with Gasteiger partial charge in [-0.2, -0.15) is 0 Å². The minimum Gasteiger partial charge on any atom is -0.479 e. The molecule has 4 heterocycles. The summed E-state index contributed by atoms with van der Waals surface area (Å²) in [6.07, 6.45) is 5.62. The lowest BCUT2D eigenvalue weighted by Gasteiger charge is -2.35. The number of hydrogen-bond acceptors (Lipinski definition) is 13. The number of anilines is 2. The largest absolute Gasteiger partial charge is 0.479 e. The Labute approximate surface area is 419 Å². The first-order valence-electron chi connectivity index (χ1n) is 24.1. The van der Waals surface area contributed by atoms with Crippen LogP contribution in [-0.2, 0) is 19.2 Å². The van der Waals surface area contributed by atoms with E-state index in [9.17, 15) is 33.9 Å². The van der Waals surface area contributed by atoms with E-state index in [1.165, 1.54) is 0 Å². The Kier molecular flexibility index (Phi) is 14.2. The third-order valence-electron chi connectivity index (χ3n) is 13.8. The van der Waals surface area contributed by atoms with Gasteiger partial charge in [-0.1, -0.05) is 46.7 Å². The van der Waals surface area contributed by atoms with Crippen LogP contribution in [0.2, 0.25) is 0 Å². The number of amides is 5. The van der Waals surface area contributed by atoms with Gasteiger partial charge in [0, 0.05) is 75.3 Å². The van der Waals surface area contributed by atoms with Gasteiger partial charge in [0.25, 0.3) is 17.7 Å². The summed E-state index contributed by atoms with van der Waals surface area (Å²) < 4.78 is 10.9. The van der Waals surface area contributed by atoms with Crippen molar-refractivity contribution in [3.05, 3.63) is 96.1 Å². The quantitative estimate of drug-likeness (QED) is 0.0983. The molecule has 20 heteroatoms. The topological polar surface area (TPSA) is 261 Å². The molecule has 0 atom stereocenters. The van der Waals surface area contributed by atoms with Crippen LogP contribution in [0.25, 0.3) is 44.2 Å². The Morgan fingerprint density at radius 2 is 0.931 bits per heavy atom. The molecule has 72 heavy (non-hydrogen) atoms. The Bertz CT molecular complexity index is 3020. The van der Waals surface area contributed by atoms with Gasteiger partial charge in [0.15, 0.2) is 28.4 Å². The number of rotatable bonds is 10. The molecule has 0 radical (unpaired) electrons. The fourth-order valence-corrected chi connectivity index (χ4v) is 8.46. The van der Waals surface area contributed by atoms with Crippen LogP contribution < -0.4 is 16.0 Å². The zero-order chi connectivity index (χ0) is 49.4. The van der Waals surface area contributed by atoms with Gasteiger partial charge in [0.2, 0.25) is 11.8 Å². The van der Waals surface area contributed by atoms with Gasteiger partial charge in [0.1, 0.15) is 5.60 Å². The zero-order valence-electron chi connectivity index (χ0n) is 39.3. The number of aromatic nitrogens is 2. The standard InChI is InChI=1S/C26H26N4O5.C22H22N4O3.C4H6O3.ClH/c31-23(17-3-4-17)27-22-20-8-7-19(15-21(20)35-28-22)16-1-5-18(6-2-16)24(32)29-11-13-30(14-12-29)25(33)26(34)9-10-26;27-21(15-3-4-15)24-20-18-8-7-17(13-19(18)29-25-20)14-1-5-16(6-2-14)22(28)26-11-9-23-10-12-26;5-3(6)4(7)1-2-4;/h1-2,5-8,15,17,34H,3-4,9-14H2,(H,27,28,31);1-2,5-8,13,15,23H,3-4,9-12H2,(H,24,25,27);7H,1-2H2,(H,5,6);1H. The Balaban J connectivity index is 0.000000156. The number of benzene rings is 4. The Morgan fingerprint density at radius 1 is 0.542 bits per heavy atom. The fourth-order valence-electron chi connectivity index (χ4n) is 8.46. The molecule has 376 valence electrons. The lowest BCUT2D eigenvalue weighted by Crippen LogP contribution is -2.53. The molecule has 6 aromatic rings. The lowest BCUT2D eigenvalue weighted by molar-refractivity contribution is -0.149. The van der Waals surface area contributed by atoms with Gasteiger partial charge >= 0.3 is 5.97 Å². The fraction of sp³-hybridized carbons (Fsp3) is 0.385. The molecule has 0 spiro atoms. The number of nitrogens with one attached hydrogen (secondary N) is 3. The van der Waals surface area contributed by atoms with Crippen molar-refractivity contribution in [1.82, 2.24) is 30.3 Å². The minimum atomic E-state index is -1.33. The number of halogens is 1. The van der Waals surface area contributed by atoms with E-state index in [1.807, 2.05) is 77.7 Å². The molecule has 12 rings (SSSR count). The Hall–Kier alpha value is -7.19. The summed E-state index contributed by atoms with van der Waals surface area (Å²) >= 11 is 0. The van der Waals surface area contributed by atoms with Crippen LogP contribution >= 0.6 is 12.4 Å². The monoisotopic (exact) mass is 1000 g/mol. The van der Waals surface area contributed by atoms with Crippen LogP contribution in [0.3, 0.4) is 0 Å². The van der Waals surface area contributed by atoms with Gasteiger partial charge in [-0.05, 0) is 122 Å². The maximum Gasteiger partial charge on any atom is 0.335 e. The molecule has 2 saturated heterocycles. The molecule has 4 aliphatic carbocycles. The predicted octanol–water partition coefficient (Wildman–Crippen LogP) is 5.56. The summed E-state index contributed by atoms with van der Waals surface area (Å²) in [7, 11) is 0. The van der Waals surface area contributed by atoms with Gasteiger partial charge < -0.3 is 55.0 Å². The number of nitrogens with zero attached hydrogens (tertiary/aromatic N) is 5. The van der Waals surface area contributed by atoms with Crippen molar-refractivity contribution in [1.29, 1.82) is 0 Å². The van der Waals surface area contributed by atoms with Gasteiger partial charge in [0.05, 0.1) is 10.8 Å². The molecular formula is C52H55ClN8O11. The first kappa shape index (κ1) is 49.8. The van der Waals surface area contributed by atoms with Crippen molar-refractivity contribution in [2.45, 2.75) is 62.6 Å². The normalized spacial score (nSPS) is 18.3. The van der Waals surface area contributed by atoms with Crippen LogP contribution in [0, 0.1) is 11.8 Å². The first-order valence-corrected chi connectivity index (χ1v) is 24.1. The predicted molar refractivity (Wildman–Crippen MR) is 266 cm³/mol. The number of carbonyl (C=O) groups excluding carboxylic acids is 5. The highest BCUT2D eigenvalue weighted by molar-refractivity contribution is 6.03. The second-order valence-corrected chi connectivity index (χ2v) is 19.2. The van der Waals surface area contributed by atoms with E-state index in [-0.39, 0.29) is 53.8 Å². The number of aliphatic hydroxyl groups is 2. The summed E-state index contributed by atoms with van der Waals surface area (Å²) in [6.45, 7) is 4.92. The highest BCUT2D eigenvalue weighted by Crippen LogP contribution is 2.38. The molecule has 4 aromatic carbocycles. The van der Waals surface area contributed by atoms with Crippen molar-refractivity contribution in [3.8, 4) is 22.3 Å². The molecule has 5 amide bonds. The van der Waals surface area contributed by atoms with E-state index in [0.29, 0.717) is 85.8 Å². The third-order valence-corrected chi connectivity index (χ3v) is 13.8. The number of piperazine rings is 2. The number of carbonyl (C=O) groups is 6. The lowest BCUT2D eigenvalue weighted by atomic mass is 10.0. The average Bonchev–Trinajstić information content (AvgIpc) is 4.20. The molecule has 6 aliphatic rings. The van der Waals surface area contributed by atoms with Crippen molar-refractivity contribution in [2.24, 2.45) is 11.8 Å². The first-order chi connectivity index (χ1) is 34.2. The summed E-state index contributed by atoms with van der Waals surface area (Å²) in [5.74, 6) is -0.199. The zero-order valence-corrected chi connectivity index (χ0v) is 40.1. The second kappa shape index (κ2) is 20.5. The average molecular weight is 1000 g/mol. The van der Waals surface area contributed by atoms with E-state index in [2.05, 4.69) is 26.3 Å². The van der Waals surface area contributed by atoms with Crippen molar-refractivity contribution in [2.75, 3.05) is 63.0 Å². The van der Waals surface area contributed by atoms with Crippen molar-refractivity contribution < 1.29 is 53.1 Å². The molecule has 2 aromatic heterocycles. The number of carboxylic acid groups (broad SMARTS) is 1. The number of aliphatic carboxylic acids is 1. The summed E-state index contributed by atoms with van der Waals surface area (Å²) in [4.78, 5) is 77.0. The maximum atomic E-state index is 13.0. The molecule has 6 N–H and O–H groups in total. The van der Waals surface area contributed by atoms with Crippen LogP contribution in [-0.4, -0.2) is 139 Å². The smallest absolute Gasteiger partial charge is 0.335 e. The van der Waals surface area contributed by atoms with Crippen LogP contribution in [0.1, 0.15) is 72.1 Å². The van der Waals surface area contributed by atoms with E-state index in [0.717, 1.165) is 84.9 Å². The molecule has 0 unspecified atom stereocenters. The van der Waals surface area contributed by atoms with E-state index >= 15 is 0 Å². The van der Waals surface area contributed by atoms with E-state index in [4.69, 9.17) is 19.3 Å².